The Kier molecular flexibility index (Phi) is 7.70. The van der Waals surface area contributed by atoms with E-state index in [1.807, 2.05) is 0 Å². The number of piperidine rings is 1. The summed E-state index contributed by atoms with van der Waals surface area (Å²) in [6.45, 7) is 4.68. The fraction of sp³-hybridized carbons (Fsp3) is 0.800. The second kappa shape index (κ2) is 9.27. The largest absolute Gasteiger partial charge is 0.370 e. The van der Waals surface area contributed by atoms with Gasteiger partial charge >= 0.3 is 0 Å². The first-order valence-corrected chi connectivity index (χ1v) is 7.95. The van der Waals surface area contributed by atoms with Crippen LogP contribution in [0.25, 0.3) is 0 Å². The number of nitrogens with zero attached hydrogens (tertiary/aromatic N) is 3. The van der Waals surface area contributed by atoms with Crippen molar-refractivity contribution in [2.45, 2.75) is 32.6 Å². The fourth-order valence-corrected chi connectivity index (χ4v) is 2.50. The summed E-state index contributed by atoms with van der Waals surface area (Å²) >= 11 is 0. The zero-order valence-corrected chi connectivity index (χ0v) is 14.0. The van der Waals surface area contributed by atoms with E-state index in [9.17, 15) is 9.59 Å². The molecule has 0 aromatic heterocycles. The van der Waals surface area contributed by atoms with Crippen molar-refractivity contribution >= 4 is 17.8 Å². The maximum Gasteiger partial charge on any atom is 0.243 e. The average molecular weight is 311 g/mol. The van der Waals surface area contributed by atoms with Crippen LogP contribution < -0.4 is 11.1 Å². The number of rotatable bonds is 6. The summed E-state index contributed by atoms with van der Waals surface area (Å²) in [4.78, 5) is 31.0. The van der Waals surface area contributed by atoms with Gasteiger partial charge in [0.05, 0.1) is 0 Å². The van der Waals surface area contributed by atoms with E-state index in [0.29, 0.717) is 6.42 Å². The van der Waals surface area contributed by atoms with Crippen LogP contribution in [-0.2, 0) is 9.59 Å². The molecule has 0 aromatic rings. The van der Waals surface area contributed by atoms with E-state index in [2.05, 4.69) is 22.1 Å². The second-order valence-electron chi connectivity index (χ2n) is 5.98. The number of hydrogen-bond donors (Lipinski definition) is 2. The highest BCUT2D eigenvalue weighted by atomic mass is 16.2. The van der Waals surface area contributed by atoms with Crippen molar-refractivity contribution in [1.82, 2.24) is 15.1 Å². The van der Waals surface area contributed by atoms with Crippen molar-refractivity contribution < 1.29 is 9.59 Å². The lowest BCUT2D eigenvalue weighted by Gasteiger charge is -2.34. The van der Waals surface area contributed by atoms with Crippen molar-refractivity contribution in [1.29, 1.82) is 0 Å². The van der Waals surface area contributed by atoms with Crippen molar-refractivity contribution in [3.8, 4) is 0 Å². The quantitative estimate of drug-likeness (QED) is 0.534. The van der Waals surface area contributed by atoms with Crippen molar-refractivity contribution in [3.63, 3.8) is 0 Å². The Balaban J connectivity index is 2.70. The lowest BCUT2D eigenvalue weighted by atomic mass is 9.95. The lowest BCUT2D eigenvalue weighted by molar-refractivity contribution is -0.127. The molecule has 1 heterocycles. The molecule has 22 heavy (non-hydrogen) atoms. The molecule has 1 rings (SSSR count). The zero-order chi connectivity index (χ0) is 16.5. The van der Waals surface area contributed by atoms with Crippen molar-refractivity contribution in [3.05, 3.63) is 0 Å². The van der Waals surface area contributed by atoms with E-state index < -0.39 is 0 Å². The molecule has 1 aliphatic heterocycles. The maximum absolute atomic E-state index is 11.7. The number of carbonyl (C=O) groups excluding carboxylic acids is 2. The molecule has 3 N–H and O–H groups in total. The number of primary amides is 1. The highest BCUT2D eigenvalue weighted by Crippen LogP contribution is 2.19. The van der Waals surface area contributed by atoms with Gasteiger partial charge in [-0.15, -0.1) is 0 Å². The van der Waals surface area contributed by atoms with Crippen LogP contribution >= 0.6 is 0 Å². The van der Waals surface area contributed by atoms with Gasteiger partial charge in [0.15, 0.2) is 5.96 Å². The minimum absolute atomic E-state index is 0.0264. The molecule has 0 bridgehead atoms. The minimum atomic E-state index is -0.255. The first-order chi connectivity index (χ1) is 10.4. The SMILES string of the molecule is CCCNC(=NCC(=O)N(C)C)N1CCCC(CC(N)=O)C1. The van der Waals surface area contributed by atoms with Gasteiger partial charge in [-0.2, -0.15) is 0 Å². The fourth-order valence-electron chi connectivity index (χ4n) is 2.50. The molecule has 1 aliphatic rings. The maximum atomic E-state index is 11.7. The molecule has 7 nitrogen and oxygen atoms in total. The highest BCUT2D eigenvalue weighted by Gasteiger charge is 2.23. The molecule has 1 unspecified atom stereocenters. The number of aliphatic imine (C=N–C) groups is 1. The Morgan fingerprint density at radius 3 is 2.73 bits per heavy atom. The topological polar surface area (TPSA) is 91.0 Å². The van der Waals surface area contributed by atoms with Gasteiger partial charge in [0.25, 0.3) is 0 Å². The molecule has 2 amide bonds. The van der Waals surface area contributed by atoms with Crippen LogP contribution in [0.1, 0.15) is 32.6 Å². The number of nitrogens with one attached hydrogen (secondary N) is 1. The van der Waals surface area contributed by atoms with Crippen LogP contribution in [0.15, 0.2) is 4.99 Å². The zero-order valence-electron chi connectivity index (χ0n) is 14.0. The van der Waals surface area contributed by atoms with Gasteiger partial charge in [0, 0.05) is 40.2 Å². The normalized spacial score (nSPS) is 19.0. The second-order valence-corrected chi connectivity index (χ2v) is 5.98. The predicted octanol–water partition coefficient (Wildman–Crippen LogP) is 0.0176. The van der Waals surface area contributed by atoms with Crippen molar-refractivity contribution in [2.24, 2.45) is 16.6 Å². The van der Waals surface area contributed by atoms with E-state index in [4.69, 9.17) is 5.73 Å². The molecule has 0 aliphatic carbocycles. The Hall–Kier alpha value is -1.79. The van der Waals surface area contributed by atoms with E-state index in [-0.39, 0.29) is 24.3 Å². The van der Waals surface area contributed by atoms with Gasteiger partial charge in [-0.25, -0.2) is 4.99 Å². The number of likely N-dealkylation sites (tertiary alicyclic amines) is 1. The lowest BCUT2D eigenvalue weighted by Crippen LogP contribution is -2.47. The van der Waals surface area contributed by atoms with Gasteiger partial charge in [-0.1, -0.05) is 6.92 Å². The smallest absolute Gasteiger partial charge is 0.243 e. The molecular formula is C15H29N5O2. The Labute approximate surface area is 132 Å². The molecule has 1 fully saturated rings. The minimum Gasteiger partial charge on any atom is -0.370 e. The summed E-state index contributed by atoms with van der Waals surface area (Å²) in [6, 6.07) is 0. The van der Waals surface area contributed by atoms with Crippen molar-refractivity contribution in [2.75, 3.05) is 40.3 Å². The number of amides is 2. The average Bonchev–Trinajstić information content (AvgIpc) is 2.46. The van der Waals surface area contributed by atoms with Gasteiger partial charge in [-0.3, -0.25) is 9.59 Å². The van der Waals surface area contributed by atoms with Gasteiger partial charge in [0.1, 0.15) is 6.54 Å². The van der Waals surface area contributed by atoms with E-state index in [1.54, 1.807) is 14.1 Å². The standard InChI is InChI=1S/C15H29N5O2/c1-4-7-17-15(18-10-14(22)19(2)3)20-8-5-6-12(11-20)9-13(16)21/h12H,4-11H2,1-3H3,(H2,16,21)(H,17,18). The summed E-state index contributed by atoms with van der Waals surface area (Å²) in [5, 5.41) is 3.30. The molecule has 7 heteroatoms. The summed E-state index contributed by atoms with van der Waals surface area (Å²) in [7, 11) is 3.45. The molecule has 1 atom stereocenters. The van der Waals surface area contributed by atoms with Crippen LogP contribution in [0.4, 0.5) is 0 Å². The first kappa shape index (κ1) is 18.3. The number of carbonyl (C=O) groups is 2. The number of nitrogens with two attached hydrogens (primary N) is 1. The van der Waals surface area contributed by atoms with Gasteiger partial charge in [0.2, 0.25) is 11.8 Å². The monoisotopic (exact) mass is 311 g/mol. The third-order valence-corrected chi connectivity index (χ3v) is 3.70. The summed E-state index contributed by atoms with van der Waals surface area (Å²) in [5.74, 6) is 0.742. The molecule has 1 saturated heterocycles. The predicted molar refractivity (Wildman–Crippen MR) is 87.4 cm³/mol. The first-order valence-electron chi connectivity index (χ1n) is 7.95. The number of likely N-dealkylation sites (N-methyl/N-ethyl adjacent to an activating group) is 1. The molecule has 0 radical (unpaired) electrons. The van der Waals surface area contributed by atoms with Gasteiger partial charge in [-0.05, 0) is 25.2 Å². The van der Waals surface area contributed by atoms with Crippen LogP contribution in [0.5, 0.6) is 0 Å². The summed E-state index contributed by atoms with van der Waals surface area (Å²) < 4.78 is 0. The molecule has 0 spiro atoms. The molecular weight excluding hydrogens is 282 g/mol. The summed E-state index contributed by atoms with van der Waals surface area (Å²) in [6.07, 6.45) is 3.41. The number of guanidine groups is 1. The number of hydrogen-bond acceptors (Lipinski definition) is 3. The Morgan fingerprint density at radius 1 is 1.41 bits per heavy atom. The molecule has 0 aromatic carbocycles. The van der Waals surface area contributed by atoms with Crippen LogP contribution in [-0.4, -0.2) is 67.8 Å². The Morgan fingerprint density at radius 2 is 2.14 bits per heavy atom. The van der Waals surface area contributed by atoms with Crippen LogP contribution in [0.3, 0.4) is 0 Å². The van der Waals surface area contributed by atoms with Crippen LogP contribution in [0, 0.1) is 5.92 Å². The molecule has 0 saturated carbocycles. The summed E-state index contributed by atoms with van der Waals surface area (Å²) in [5.41, 5.74) is 5.30. The Bertz CT molecular complexity index is 409. The highest BCUT2D eigenvalue weighted by molar-refractivity contribution is 5.85. The molecule has 126 valence electrons. The third-order valence-electron chi connectivity index (χ3n) is 3.70. The third kappa shape index (κ3) is 6.32. The van der Waals surface area contributed by atoms with Gasteiger partial charge < -0.3 is 20.9 Å². The van der Waals surface area contributed by atoms with E-state index >= 15 is 0 Å². The van der Waals surface area contributed by atoms with Crippen LogP contribution in [0.2, 0.25) is 0 Å². The van der Waals surface area contributed by atoms with E-state index in [0.717, 1.165) is 44.9 Å². The van der Waals surface area contributed by atoms with E-state index in [1.165, 1.54) is 4.90 Å².